The lowest BCUT2D eigenvalue weighted by Gasteiger charge is -2.38. The van der Waals surface area contributed by atoms with Crippen molar-refractivity contribution in [2.75, 3.05) is 53.0 Å². The molecule has 0 bridgehead atoms. The van der Waals surface area contributed by atoms with Gasteiger partial charge in [0.05, 0.1) is 24.7 Å². The number of aliphatic imine (C=N–C) groups is 1. The molecule has 2 aromatic rings. The van der Waals surface area contributed by atoms with E-state index in [1.165, 1.54) is 49.1 Å². The van der Waals surface area contributed by atoms with Crippen molar-refractivity contribution < 1.29 is 23.0 Å². The van der Waals surface area contributed by atoms with E-state index in [4.69, 9.17) is 9.47 Å². The molecule has 1 saturated heterocycles. The van der Waals surface area contributed by atoms with Crippen LogP contribution in [0.2, 0.25) is 0 Å². The van der Waals surface area contributed by atoms with Crippen LogP contribution in [0, 0.1) is 28.9 Å². The van der Waals surface area contributed by atoms with Gasteiger partial charge in [0.15, 0.2) is 0 Å². The monoisotopic (exact) mass is 863 g/mol. The zero-order valence-electron chi connectivity index (χ0n) is 39.2. The molecule has 2 heterocycles. The van der Waals surface area contributed by atoms with E-state index in [0.29, 0.717) is 56.8 Å². The van der Waals surface area contributed by atoms with E-state index in [1.807, 2.05) is 32.1 Å². The predicted octanol–water partition coefficient (Wildman–Crippen LogP) is 10.1. The molecule has 1 amide bonds. The number of hydrazine groups is 1. The van der Waals surface area contributed by atoms with Crippen molar-refractivity contribution >= 4 is 12.7 Å². The molecule has 0 saturated carbocycles. The quantitative estimate of drug-likeness (QED) is 0.0388. The standard InChI is InChI=1S/C42H58F2N8O3.C5H12.C2H6/c1-7-38(46-30-48-51(32-53)18-17-42(3,4)5)14-11-33(2)49-19-21-50(22-20-49)39-9-8-10-40(16-15-39)55-28-35(27-54-6)23-34(26-52-31-45-29-47-52)24-36-12-13-37(43)25-41(36)44;1-3-5-4-2;1-2/h7-9,11-16,25,29-32,34-35H,1,10,17-24,26-28H2,2-6H3,(H,46,48);3-5H2,1-2H3;1-2H3/b33-11+,38-14+;;/t34?,35-;;/m1../s1. The Morgan fingerprint density at radius 1 is 1.06 bits per heavy atom. The molecule has 2 atom stereocenters. The van der Waals surface area contributed by atoms with E-state index < -0.39 is 11.6 Å². The first-order valence-corrected chi connectivity index (χ1v) is 22.3. The van der Waals surface area contributed by atoms with Gasteiger partial charge in [-0.05, 0) is 85.6 Å². The average Bonchev–Trinajstić information content (AvgIpc) is 3.66. The second-order valence-electron chi connectivity index (χ2n) is 16.6. The van der Waals surface area contributed by atoms with Crippen LogP contribution < -0.4 is 5.43 Å². The minimum atomic E-state index is -0.591. The van der Waals surface area contributed by atoms with Gasteiger partial charge in [-0.2, -0.15) is 5.10 Å². The first kappa shape index (κ1) is 53.1. The number of unbranched alkanes of at least 4 members (excludes halogenated alkanes) is 2. The summed E-state index contributed by atoms with van der Waals surface area (Å²) >= 11 is 0. The highest BCUT2D eigenvalue weighted by Crippen LogP contribution is 2.25. The maximum Gasteiger partial charge on any atom is 0.228 e. The number of carbonyl (C=O) groups excluding carboxylic acids is 1. The van der Waals surface area contributed by atoms with Crippen molar-refractivity contribution in [2.45, 2.75) is 107 Å². The predicted molar refractivity (Wildman–Crippen MR) is 250 cm³/mol. The van der Waals surface area contributed by atoms with Crippen LogP contribution in [0.3, 0.4) is 0 Å². The van der Waals surface area contributed by atoms with Gasteiger partial charge in [0.2, 0.25) is 6.41 Å². The molecule has 4 rings (SSSR count). The Morgan fingerprint density at radius 2 is 1.81 bits per heavy atom. The molecule has 344 valence electrons. The number of piperazine rings is 1. The number of nitrogens with zero attached hydrogens (tertiary/aromatic N) is 7. The van der Waals surface area contributed by atoms with E-state index in [0.717, 1.165) is 62.2 Å². The zero-order chi connectivity index (χ0) is 45.8. The Hall–Kier alpha value is -5.04. The maximum absolute atomic E-state index is 14.6. The Balaban J connectivity index is 0.00000176. The lowest BCUT2D eigenvalue weighted by Crippen LogP contribution is -2.44. The van der Waals surface area contributed by atoms with Gasteiger partial charge in [-0.25, -0.2) is 18.8 Å². The third-order valence-electron chi connectivity index (χ3n) is 10.3. The van der Waals surface area contributed by atoms with Crippen LogP contribution in [-0.4, -0.2) is 95.4 Å². The number of methoxy groups -OCH3 is 1. The minimum absolute atomic E-state index is 0.00285. The molecule has 1 aliphatic heterocycles. The van der Waals surface area contributed by atoms with E-state index >= 15 is 0 Å². The highest BCUT2D eigenvalue weighted by Gasteiger charge is 2.22. The molecular weight excluding hydrogens is 787 g/mol. The van der Waals surface area contributed by atoms with E-state index in [9.17, 15) is 13.6 Å². The number of hydrogen-bond donors (Lipinski definition) is 1. The van der Waals surface area contributed by atoms with Crippen LogP contribution >= 0.6 is 0 Å². The largest absolute Gasteiger partial charge is 0.497 e. The number of hydrogen-bond acceptors (Lipinski definition) is 8. The molecule has 1 fully saturated rings. The number of halogens is 2. The molecule has 2 aliphatic rings. The molecule has 1 N–H and O–H groups in total. The van der Waals surface area contributed by atoms with Crippen molar-refractivity contribution in [3.05, 3.63) is 120 Å². The van der Waals surface area contributed by atoms with E-state index in [2.05, 4.69) is 96.7 Å². The van der Waals surface area contributed by atoms with Gasteiger partial charge >= 0.3 is 0 Å². The van der Waals surface area contributed by atoms with Crippen molar-refractivity contribution in [3.63, 3.8) is 0 Å². The molecule has 0 spiro atoms. The normalized spacial score (nSPS) is 15.6. The number of nitrogens with one attached hydrogen (secondary N) is 1. The van der Waals surface area contributed by atoms with Gasteiger partial charge in [-0.15, -0.1) is 0 Å². The fourth-order valence-electron chi connectivity index (χ4n) is 6.77. The molecule has 62 heavy (non-hydrogen) atoms. The van der Waals surface area contributed by atoms with Crippen LogP contribution in [0.1, 0.15) is 99.5 Å². The summed E-state index contributed by atoms with van der Waals surface area (Å²) in [4.78, 5) is 24.6. The van der Waals surface area contributed by atoms with Gasteiger partial charge in [-0.1, -0.05) is 86.4 Å². The fourth-order valence-corrected chi connectivity index (χ4v) is 6.77. The van der Waals surface area contributed by atoms with Crippen LogP contribution in [0.5, 0.6) is 0 Å². The van der Waals surface area contributed by atoms with Crippen LogP contribution in [0.4, 0.5) is 8.78 Å². The molecular formula is C49H76F2N8O3. The summed E-state index contributed by atoms with van der Waals surface area (Å²) in [5, 5.41) is 5.74. The first-order valence-electron chi connectivity index (χ1n) is 22.3. The summed E-state index contributed by atoms with van der Waals surface area (Å²) in [7, 11) is 1.67. The number of carbonyl (C=O) groups is 1. The summed E-state index contributed by atoms with van der Waals surface area (Å²) in [5.41, 5.74) is 6.50. The lowest BCUT2D eigenvalue weighted by atomic mass is 9.89. The molecule has 1 unspecified atom stereocenters. The number of amides is 1. The Morgan fingerprint density at radius 3 is 2.40 bits per heavy atom. The summed E-state index contributed by atoms with van der Waals surface area (Å²) in [6, 6.07) is 3.74. The molecule has 1 aliphatic carbocycles. The molecule has 1 aromatic carbocycles. The van der Waals surface area contributed by atoms with Gasteiger partial charge in [-0.3, -0.25) is 19.9 Å². The van der Waals surface area contributed by atoms with Gasteiger partial charge in [0.1, 0.15) is 30.6 Å². The van der Waals surface area contributed by atoms with Crippen molar-refractivity contribution in [1.29, 1.82) is 0 Å². The number of benzene rings is 1. The van der Waals surface area contributed by atoms with Crippen LogP contribution in [-0.2, 0) is 27.2 Å². The van der Waals surface area contributed by atoms with Gasteiger partial charge < -0.3 is 19.3 Å². The number of ether oxygens (including phenoxy) is 2. The second-order valence-corrected chi connectivity index (χ2v) is 16.6. The summed E-state index contributed by atoms with van der Waals surface area (Å²) in [5.74, 6) is -0.229. The highest BCUT2D eigenvalue weighted by molar-refractivity contribution is 5.60. The van der Waals surface area contributed by atoms with Gasteiger partial charge in [0, 0.05) is 76.2 Å². The van der Waals surface area contributed by atoms with Crippen molar-refractivity contribution in [1.82, 2.24) is 35.0 Å². The number of allylic oxidation sites excluding steroid dienone is 8. The van der Waals surface area contributed by atoms with Crippen LogP contribution in [0.25, 0.3) is 0 Å². The Bertz CT molecular complexity index is 1750. The van der Waals surface area contributed by atoms with E-state index in [-0.39, 0.29) is 17.3 Å². The number of aromatic nitrogens is 3. The minimum Gasteiger partial charge on any atom is -0.497 e. The number of rotatable bonds is 23. The molecule has 11 nitrogen and oxygen atoms in total. The van der Waals surface area contributed by atoms with Crippen molar-refractivity contribution in [2.24, 2.45) is 22.2 Å². The fraction of sp³-hybridized carbons (Fsp3) is 0.551. The first-order chi connectivity index (χ1) is 29.9. The lowest BCUT2D eigenvalue weighted by molar-refractivity contribution is -0.120. The van der Waals surface area contributed by atoms with E-state index in [1.54, 1.807) is 24.2 Å². The summed E-state index contributed by atoms with van der Waals surface area (Å²) < 4.78 is 41.9. The summed E-state index contributed by atoms with van der Waals surface area (Å²) in [6.45, 7) is 26.4. The highest BCUT2D eigenvalue weighted by atomic mass is 19.1. The topological polar surface area (TPSA) is 100 Å². The molecule has 13 heteroatoms. The second kappa shape index (κ2) is 30.1. The third kappa shape index (κ3) is 21.2. The Kier molecular flexibility index (Phi) is 25.8. The molecule has 0 radical (unpaired) electrons. The van der Waals surface area contributed by atoms with Crippen LogP contribution in [0.15, 0.2) is 108 Å². The smallest absolute Gasteiger partial charge is 0.228 e. The van der Waals surface area contributed by atoms with Gasteiger partial charge in [0.25, 0.3) is 0 Å². The van der Waals surface area contributed by atoms with Crippen molar-refractivity contribution in [3.8, 4) is 0 Å². The third-order valence-corrected chi connectivity index (χ3v) is 10.3. The Labute approximate surface area is 372 Å². The average molecular weight is 863 g/mol. The summed E-state index contributed by atoms with van der Waals surface area (Å²) in [6.07, 6.45) is 26.3. The SMILES string of the molecule is C=C/C(=C\C=C(/C)N1CCN(C2=CC=C(OC[C@@H](COC)CC(Cc3ccc(F)cc3F)Cn3cncn3)CC=C2)CC1)N=CNN(C=O)CCC(C)(C)C.CC.CCCCC. The maximum atomic E-state index is 14.6. The molecule has 1 aromatic heterocycles. The zero-order valence-corrected chi connectivity index (χ0v) is 39.2.